The van der Waals surface area contributed by atoms with E-state index >= 15 is 0 Å². The van der Waals surface area contributed by atoms with Crippen LogP contribution in [0.2, 0.25) is 0 Å². The molecule has 2 atom stereocenters. The highest BCUT2D eigenvalue weighted by Gasteiger charge is 2.22. The van der Waals surface area contributed by atoms with Crippen molar-refractivity contribution in [2.45, 2.75) is 26.0 Å². The summed E-state index contributed by atoms with van der Waals surface area (Å²) in [5.41, 5.74) is 6.99. The monoisotopic (exact) mass is 245 g/mol. The predicted molar refractivity (Wildman–Crippen MR) is 73.4 cm³/mol. The van der Waals surface area contributed by atoms with Gasteiger partial charge >= 0.3 is 0 Å². The molecule has 2 rings (SSSR count). The lowest BCUT2D eigenvalue weighted by molar-refractivity contribution is 0.0984. The number of hydrogen-bond donors (Lipinski definition) is 3. The molecule has 0 fully saturated rings. The van der Waals surface area contributed by atoms with Crippen LogP contribution in [0.5, 0.6) is 5.75 Å². The van der Waals surface area contributed by atoms with Crippen molar-refractivity contribution in [3.63, 3.8) is 0 Å². The Labute approximate surface area is 107 Å². The van der Waals surface area contributed by atoms with Gasteiger partial charge in [-0.05, 0) is 22.9 Å². The molecular formula is C15H19NO2. The van der Waals surface area contributed by atoms with Crippen molar-refractivity contribution in [1.29, 1.82) is 0 Å². The molecule has 0 aliphatic heterocycles. The van der Waals surface area contributed by atoms with Crippen molar-refractivity contribution in [2.75, 3.05) is 0 Å². The first-order chi connectivity index (χ1) is 8.52. The SMILES string of the molecule is CC(C)[C@H](O)[C@H](N)c1ccc(O)c2ccccc12. The van der Waals surface area contributed by atoms with E-state index in [2.05, 4.69) is 0 Å². The van der Waals surface area contributed by atoms with Gasteiger partial charge in [-0.2, -0.15) is 0 Å². The standard InChI is InChI=1S/C15H19NO2/c1-9(2)15(18)14(16)12-7-8-13(17)11-6-4-3-5-10(11)12/h3-9,14-15,17-18H,16H2,1-2H3/t14-,15+/m1/s1. The lowest BCUT2D eigenvalue weighted by Gasteiger charge is -2.23. The molecule has 2 aromatic rings. The average molecular weight is 245 g/mol. The van der Waals surface area contributed by atoms with Gasteiger partial charge in [-0.25, -0.2) is 0 Å². The van der Waals surface area contributed by atoms with Crippen LogP contribution in [0, 0.1) is 5.92 Å². The summed E-state index contributed by atoms with van der Waals surface area (Å²) in [5, 5.41) is 21.6. The van der Waals surface area contributed by atoms with Crippen LogP contribution in [0.3, 0.4) is 0 Å². The Kier molecular flexibility index (Phi) is 3.55. The van der Waals surface area contributed by atoms with Gasteiger partial charge < -0.3 is 15.9 Å². The summed E-state index contributed by atoms with van der Waals surface area (Å²) in [4.78, 5) is 0. The first kappa shape index (κ1) is 12.9. The third kappa shape index (κ3) is 2.19. The van der Waals surface area contributed by atoms with Crippen LogP contribution in [0.1, 0.15) is 25.5 Å². The van der Waals surface area contributed by atoms with Crippen LogP contribution in [0.15, 0.2) is 36.4 Å². The maximum atomic E-state index is 10.1. The minimum absolute atomic E-state index is 0.0903. The van der Waals surface area contributed by atoms with Crippen molar-refractivity contribution in [3.05, 3.63) is 42.0 Å². The van der Waals surface area contributed by atoms with Crippen LogP contribution in [-0.2, 0) is 0 Å². The molecule has 0 saturated heterocycles. The zero-order valence-corrected chi connectivity index (χ0v) is 10.7. The van der Waals surface area contributed by atoms with Crippen molar-refractivity contribution in [3.8, 4) is 5.75 Å². The third-order valence-corrected chi connectivity index (χ3v) is 3.34. The molecule has 0 amide bonds. The zero-order valence-electron chi connectivity index (χ0n) is 10.7. The Balaban J connectivity index is 2.55. The van der Waals surface area contributed by atoms with Gasteiger partial charge in [0.1, 0.15) is 5.75 Å². The molecule has 4 N–H and O–H groups in total. The fraction of sp³-hybridized carbons (Fsp3) is 0.333. The van der Waals surface area contributed by atoms with E-state index in [1.165, 1.54) is 0 Å². The Morgan fingerprint density at radius 1 is 1.00 bits per heavy atom. The molecule has 18 heavy (non-hydrogen) atoms. The molecule has 0 radical (unpaired) electrons. The van der Waals surface area contributed by atoms with Crippen LogP contribution in [0.25, 0.3) is 10.8 Å². The molecule has 96 valence electrons. The van der Waals surface area contributed by atoms with E-state index in [4.69, 9.17) is 5.73 Å². The fourth-order valence-electron chi connectivity index (χ4n) is 2.20. The second kappa shape index (κ2) is 4.96. The number of benzene rings is 2. The molecule has 0 aliphatic rings. The molecule has 3 heteroatoms. The minimum Gasteiger partial charge on any atom is -0.507 e. The van der Waals surface area contributed by atoms with Crippen LogP contribution >= 0.6 is 0 Å². The third-order valence-electron chi connectivity index (χ3n) is 3.34. The van der Waals surface area contributed by atoms with Gasteiger partial charge in [-0.1, -0.05) is 44.2 Å². The summed E-state index contributed by atoms with van der Waals surface area (Å²) in [6.45, 7) is 3.88. The number of aromatic hydroxyl groups is 1. The number of aliphatic hydroxyl groups is 1. The summed E-state index contributed by atoms with van der Waals surface area (Å²) in [7, 11) is 0. The topological polar surface area (TPSA) is 66.5 Å². The van der Waals surface area contributed by atoms with Gasteiger partial charge in [0, 0.05) is 5.39 Å². The summed E-state index contributed by atoms with van der Waals surface area (Å²) >= 11 is 0. The van der Waals surface area contributed by atoms with Crippen molar-refractivity contribution in [2.24, 2.45) is 11.7 Å². The predicted octanol–water partition coefficient (Wildman–Crippen LogP) is 2.56. The van der Waals surface area contributed by atoms with E-state index in [1.807, 2.05) is 38.1 Å². The van der Waals surface area contributed by atoms with Crippen molar-refractivity contribution >= 4 is 10.8 Å². The molecule has 2 aromatic carbocycles. The first-order valence-electron chi connectivity index (χ1n) is 6.16. The van der Waals surface area contributed by atoms with Crippen LogP contribution < -0.4 is 5.73 Å². The summed E-state index contributed by atoms with van der Waals surface area (Å²) in [6, 6.07) is 10.5. The molecule has 0 heterocycles. The Morgan fingerprint density at radius 3 is 2.22 bits per heavy atom. The van der Waals surface area contributed by atoms with Gasteiger partial charge in [-0.3, -0.25) is 0 Å². The summed E-state index contributed by atoms with van der Waals surface area (Å²) in [6.07, 6.45) is -0.599. The highest BCUT2D eigenvalue weighted by atomic mass is 16.3. The molecule has 0 unspecified atom stereocenters. The van der Waals surface area contributed by atoms with Gasteiger partial charge in [0.05, 0.1) is 12.1 Å². The number of nitrogens with two attached hydrogens (primary N) is 1. The van der Waals surface area contributed by atoms with E-state index in [-0.39, 0.29) is 11.7 Å². The highest BCUT2D eigenvalue weighted by molar-refractivity contribution is 5.91. The maximum absolute atomic E-state index is 10.1. The number of fused-ring (bicyclic) bond motifs is 1. The van der Waals surface area contributed by atoms with Crippen molar-refractivity contribution < 1.29 is 10.2 Å². The fourth-order valence-corrected chi connectivity index (χ4v) is 2.20. The van der Waals surface area contributed by atoms with E-state index in [1.54, 1.807) is 12.1 Å². The highest BCUT2D eigenvalue weighted by Crippen LogP contribution is 2.32. The molecule has 0 bridgehead atoms. The Bertz CT molecular complexity index is 551. The summed E-state index contributed by atoms with van der Waals surface area (Å²) in [5.74, 6) is 0.327. The van der Waals surface area contributed by atoms with Crippen LogP contribution in [0.4, 0.5) is 0 Å². The Morgan fingerprint density at radius 2 is 1.61 bits per heavy atom. The molecule has 0 aliphatic carbocycles. The van der Waals surface area contributed by atoms with Gasteiger partial charge in [0.15, 0.2) is 0 Å². The number of aliphatic hydroxyl groups excluding tert-OH is 1. The van der Waals surface area contributed by atoms with Gasteiger partial charge in [0.25, 0.3) is 0 Å². The van der Waals surface area contributed by atoms with Gasteiger partial charge in [0.2, 0.25) is 0 Å². The Hall–Kier alpha value is -1.58. The normalized spacial score (nSPS) is 14.9. The molecule has 0 aromatic heterocycles. The average Bonchev–Trinajstić information content (AvgIpc) is 2.38. The number of phenols is 1. The summed E-state index contributed by atoms with van der Waals surface area (Å²) < 4.78 is 0. The molecule has 3 nitrogen and oxygen atoms in total. The minimum atomic E-state index is -0.599. The van der Waals surface area contributed by atoms with E-state index < -0.39 is 12.1 Å². The van der Waals surface area contributed by atoms with Crippen LogP contribution in [-0.4, -0.2) is 16.3 Å². The zero-order chi connectivity index (χ0) is 13.3. The second-order valence-corrected chi connectivity index (χ2v) is 4.98. The molecular weight excluding hydrogens is 226 g/mol. The smallest absolute Gasteiger partial charge is 0.123 e. The van der Waals surface area contributed by atoms with E-state index in [9.17, 15) is 10.2 Å². The lowest BCUT2D eigenvalue weighted by atomic mass is 9.91. The number of hydrogen-bond acceptors (Lipinski definition) is 3. The molecule has 0 saturated carbocycles. The maximum Gasteiger partial charge on any atom is 0.123 e. The van der Waals surface area contributed by atoms with Gasteiger partial charge in [-0.15, -0.1) is 0 Å². The van der Waals surface area contributed by atoms with E-state index in [0.717, 1.165) is 16.3 Å². The second-order valence-electron chi connectivity index (χ2n) is 4.98. The number of phenolic OH excluding ortho intramolecular Hbond substituents is 1. The van der Waals surface area contributed by atoms with Crippen molar-refractivity contribution in [1.82, 2.24) is 0 Å². The largest absolute Gasteiger partial charge is 0.507 e. The quantitative estimate of drug-likeness (QED) is 0.778. The molecule has 0 spiro atoms. The number of rotatable bonds is 3. The van der Waals surface area contributed by atoms with E-state index in [0.29, 0.717) is 0 Å². The first-order valence-corrected chi connectivity index (χ1v) is 6.16. The lowest BCUT2D eigenvalue weighted by Crippen LogP contribution is -2.30.